The van der Waals surface area contributed by atoms with Crippen molar-refractivity contribution in [2.45, 2.75) is 13.5 Å². The summed E-state index contributed by atoms with van der Waals surface area (Å²) in [6.45, 7) is 2.30. The smallest absolute Gasteiger partial charge is 0.344 e. The zero-order valence-corrected chi connectivity index (χ0v) is 15.9. The normalized spacial score (nSPS) is 11.0. The summed E-state index contributed by atoms with van der Waals surface area (Å²) in [5, 5.41) is 2.20. The summed E-state index contributed by atoms with van der Waals surface area (Å²) in [7, 11) is 3.21. The molecule has 4 aromatic rings. The van der Waals surface area contributed by atoms with Gasteiger partial charge in [-0.25, -0.2) is 4.79 Å². The van der Waals surface area contributed by atoms with E-state index in [1.165, 1.54) is 0 Å². The number of ether oxygens (including phenoxy) is 3. The van der Waals surface area contributed by atoms with Crippen LogP contribution in [0.5, 0.6) is 17.2 Å². The monoisotopic (exact) mass is 376 g/mol. The van der Waals surface area contributed by atoms with Crippen molar-refractivity contribution < 1.29 is 18.6 Å². The first-order chi connectivity index (χ1) is 13.6. The molecule has 0 fully saturated rings. The van der Waals surface area contributed by atoms with E-state index in [1.54, 1.807) is 20.3 Å². The molecule has 142 valence electrons. The third-order valence-electron chi connectivity index (χ3n) is 4.84. The highest BCUT2D eigenvalue weighted by Crippen LogP contribution is 2.32. The Morgan fingerprint density at radius 2 is 1.50 bits per heavy atom. The maximum atomic E-state index is 12.5. The molecule has 0 unspecified atom stereocenters. The van der Waals surface area contributed by atoms with Crippen LogP contribution in [0.3, 0.4) is 0 Å². The molecule has 0 spiro atoms. The van der Waals surface area contributed by atoms with Crippen molar-refractivity contribution in [2.24, 2.45) is 0 Å². The number of benzene rings is 3. The van der Waals surface area contributed by atoms with Gasteiger partial charge in [0.05, 0.1) is 19.6 Å². The summed E-state index contributed by atoms with van der Waals surface area (Å²) in [4.78, 5) is 12.5. The zero-order valence-electron chi connectivity index (χ0n) is 15.9. The van der Waals surface area contributed by atoms with Gasteiger partial charge < -0.3 is 18.6 Å². The highest BCUT2D eigenvalue weighted by Gasteiger charge is 2.13. The van der Waals surface area contributed by atoms with Crippen LogP contribution in [0.15, 0.2) is 63.8 Å². The summed E-state index contributed by atoms with van der Waals surface area (Å²) in [6.07, 6.45) is 0. The highest BCUT2D eigenvalue weighted by molar-refractivity contribution is 6.05. The van der Waals surface area contributed by atoms with Gasteiger partial charge in [0.15, 0.2) is 0 Å². The van der Waals surface area contributed by atoms with Gasteiger partial charge in [-0.1, -0.05) is 12.1 Å². The molecule has 4 rings (SSSR count). The second kappa shape index (κ2) is 7.27. The van der Waals surface area contributed by atoms with Gasteiger partial charge in [-0.2, -0.15) is 0 Å². The molecule has 0 radical (unpaired) electrons. The second-order valence-corrected chi connectivity index (χ2v) is 6.50. The summed E-state index contributed by atoms with van der Waals surface area (Å²) in [6, 6.07) is 16.9. The molecule has 3 aromatic carbocycles. The molecular formula is C23H20O5. The number of methoxy groups -OCH3 is 2. The maximum Gasteiger partial charge on any atom is 0.344 e. The molecule has 0 atom stereocenters. The molecule has 1 heterocycles. The fraction of sp³-hybridized carbons (Fsp3) is 0.174. The third-order valence-corrected chi connectivity index (χ3v) is 4.84. The number of hydrogen-bond donors (Lipinski definition) is 0. The molecule has 28 heavy (non-hydrogen) atoms. The van der Waals surface area contributed by atoms with Crippen LogP contribution in [0.25, 0.3) is 21.7 Å². The first kappa shape index (κ1) is 17.9. The number of rotatable bonds is 5. The van der Waals surface area contributed by atoms with Crippen molar-refractivity contribution in [3.05, 3.63) is 76.1 Å². The van der Waals surface area contributed by atoms with Crippen molar-refractivity contribution in [1.82, 2.24) is 0 Å². The minimum Gasteiger partial charge on any atom is -0.497 e. The van der Waals surface area contributed by atoms with E-state index in [2.05, 4.69) is 0 Å². The summed E-state index contributed by atoms with van der Waals surface area (Å²) >= 11 is 0. The Morgan fingerprint density at radius 3 is 2.21 bits per heavy atom. The van der Waals surface area contributed by atoms with Gasteiger partial charge in [0.1, 0.15) is 29.4 Å². The predicted octanol–water partition coefficient (Wildman–Crippen LogP) is 4.85. The van der Waals surface area contributed by atoms with E-state index in [-0.39, 0.29) is 0 Å². The van der Waals surface area contributed by atoms with Crippen LogP contribution in [0.1, 0.15) is 11.1 Å². The van der Waals surface area contributed by atoms with Gasteiger partial charge in [0.25, 0.3) is 0 Å². The van der Waals surface area contributed by atoms with Gasteiger partial charge in [-0.05, 0) is 55.0 Å². The van der Waals surface area contributed by atoms with Crippen LogP contribution in [0.4, 0.5) is 0 Å². The molecule has 5 heteroatoms. The first-order valence-corrected chi connectivity index (χ1v) is 8.90. The summed E-state index contributed by atoms with van der Waals surface area (Å²) in [5.41, 5.74) is 1.96. The lowest BCUT2D eigenvalue weighted by atomic mass is 10.0. The fourth-order valence-electron chi connectivity index (χ4n) is 3.26. The Bertz CT molecular complexity index is 1210. The molecule has 0 saturated carbocycles. The van der Waals surface area contributed by atoms with Crippen LogP contribution in [-0.2, 0) is 6.61 Å². The minimum atomic E-state index is -0.392. The molecule has 1 aromatic heterocycles. The molecule has 5 nitrogen and oxygen atoms in total. The Labute approximate surface area is 162 Å². The molecule has 0 bridgehead atoms. The minimum absolute atomic E-state index is 0.392. The molecule has 0 aliphatic heterocycles. The number of fused-ring (bicyclic) bond motifs is 3. The van der Waals surface area contributed by atoms with Crippen molar-refractivity contribution >= 4 is 21.7 Å². The molecule has 0 amide bonds. The van der Waals surface area contributed by atoms with Crippen molar-refractivity contribution in [3.63, 3.8) is 0 Å². The van der Waals surface area contributed by atoms with Crippen molar-refractivity contribution in [1.29, 1.82) is 0 Å². The van der Waals surface area contributed by atoms with E-state index in [0.29, 0.717) is 29.1 Å². The lowest BCUT2D eigenvalue weighted by molar-refractivity contribution is 0.303. The van der Waals surface area contributed by atoms with Crippen LogP contribution >= 0.6 is 0 Å². The predicted molar refractivity (Wildman–Crippen MR) is 109 cm³/mol. The average molecular weight is 376 g/mol. The van der Waals surface area contributed by atoms with E-state index in [9.17, 15) is 4.79 Å². The van der Waals surface area contributed by atoms with E-state index in [0.717, 1.165) is 27.6 Å². The van der Waals surface area contributed by atoms with Gasteiger partial charge in [0.2, 0.25) is 0 Å². The van der Waals surface area contributed by atoms with Crippen molar-refractivity contribution in [3.8, 4) is 17.2 Å². The summed E-state index contributed by atoms with van der Waals surface area (Å²) in [5.74, 6) is 2.10. The third kappa shape index (κ3) is 3.16. The lowest BCUT2D eigenvalue weighted by Gasteiger charge is -2.12. The molecule has 0 N–H and O–H groups in total. The zero-order chi connectivity index (χ0) is 19.7. The number of hydrogen-bond acceptors (Lipinski definition) is 5. The molecule has 0 aliphatic carbocycles. The topological polar surface area (TPSA) is 57.9 Å². The van der Waals surface area contributed by atoms with E-state index >= 15 is 0 Å². The fourth-order valence-corrected chi connectivity index (χ4v) is 3.26. The van der Waals surface area contributed by atoms with E-state index in [1.807, 2.05) is 55.5 Å². The largest absolute Gasteiger partial charge is 0.497 e. The average Bonchev–Trinajstić information content (AvgIpc) is 2.74. The lowest BCUT2D eigenvalue weighted by Crippen LogP contribution is -2.02. The Hall–Kier alpha value is -3.47. The standard InChI is InChI=1S/C23H20O5/c1-14-21(27-13-15-4-6-16(25-2)7-5-15)11-10-19-18-9-8-17(26-3)12-20(18)23(24)28-22(14)19/h4-12H,13H2,1-3H3. The van der Waals surface area contributed by atoms with Crippen LogP contribution < -0.4 is 19.8 Å². The van der Waals surface area contributed by atoms with Gasteiger partial charge in [-0.15, -0.1) is 0 Å². The highest BCUT2D eigenvalue weighted by atomic mass is 16.5. The Morgan fingerprint density at radius 1 is 0.821 bits per heavy atom. The SMILES string of the molecule is COc1ccc(COc2ccc3c(oc(=O)c4cc(OC)ccc43)c2C)cc1. The Balaban J connectivity index is 1.71. The summed E-state index contributed by atoms with van der Waals surface area (Å²) < 4.78 is 22.0. The van der Waals surface area contributed by atoms with Crippen LogP contribution in [-0.4, -0.2) is 14.2 Å². The van der Waals surface area contributed by atoms with Gasteiger partial charge in [-0.3, -0.25) is 0 Å². The molecular weight excluding hydrogens is 356 g/mol. The Kier molecular flexibility index (Phi) is 4.65. The van der Waals surface area contributed by atoms with Crippen molar-refractivity contribution in [2.75, 3.05) is 14.2 Å². The first-order valence-electron chi connectivity index (χ1n) is 8.90. The second-order valence-electron chi connectivity index (χ2n) is 6.50. The van der Waals surface area contributed by atoms with E-state index in [4.69, 9.17) is 18.6 Å². The van der Waals surface area contributed by atoms with Crippen LogP contribution in [0, 0.1) is 6.92 Å². The maximum absolute atomic E-state index is 12.5. The quantitative estimate of drug-likeness (QED) is 0.368. The number of aryl methyl sites for hydroxylation is 1. The van der Waals surface area contributed by atoms with Crippen LogP contribution in [0.2, 0.25) is 0 Å². The van der Waals surface area contributed by atoms with E-state index < -0.39 is 5.63 Å². The van der Waals surface area contributed by atoms with Gasteiger partial charge >= 0.3 is 5.63 Å². The molecule has 0 saturated heterocycles. The molecule has 0 aliphatic rings. The van der Waals surface area contributed by atoms with Gasteiger partial charge in [0, 0.05) is 16.3 Å².